The van der Waals surface area contributed by atoms with E-state index in [4.69, 9.17) is 18.9 Å². The summed E-state index contributed by atoms with van der Waals surface area (Å²) in [5, 5.41) is 2.99. The van der Waals surface area contributed by atoms with Crippen LogP contribution >= 0.6 is 0 Å². The Morgan fingerprint density at radius 2 is 1.52 bits per heavy atom. The molecule has 1 amide bonds. The van der Waals surface area contributed by atoms with Gasteiger partial charge in [0.15, 0.2) is 6.10 Å². The molecule has 6 nitrogen and oxygen atoms in total. The number of carbonyl (C=O) groups excluding carboxylic acids is 1. The van der Waals surface area contributed by atoms with Crippen molar-refractivity contribution in [2.24, 2.45) is 0 Å². The largest absolute Gasteiger partial charge is 0.497 e. The second-order valence-corrected chi connectivity index (χ2v) is 6.03. The average molecular weight is 373 g/mol. The highest BCUT2D eigenvalue weighted by atomic mass is 16.5. The smallest absolute Gasteiger partial charge is 0.261 e. The summed E-state index contributed by atoms with van der Waals surface area (Å²) in [5.74, 6) is 2.55. The molecule has 0 radical (unpaired) electrons. The maximum atomic E-state index is 12.7. The van der Waals surface area contributed by atoms with Gasteiger partial charge >= 0.3 is 0 Å². The Hall–Kier alpha value is -2.89. The molecule has 0 saturated carbocycles. The minimum Gasteiger partial charge on any atom is -0.497 e. The quantitative estimate of drug-likeness (QED) is 0.725. The van der Waals surface area contributed by atoms with Gasteiger partial charge in [-0.3, -0.25) is 4.79 Å². The van der Waals surface area contributed by atoms with E-state index in [-0.39, 0.29) is 11.9 Å². The molecule has 0 fully saturated rings. The summed E-state index contributed by atoms with van der Waals surface area (Å²) in [4.78, 5) is 12.7. The van der Waals surface area contributed by atoms with Gasteiger partial charge < -0.3 is 24.3 Å². The van der Waals surface area contributed by atoms with E-state index >= 15 is 0 Å². The van der Waals surface area contributed by atoms with E-state index < -0.39 is 6.10 Å². The first-order chi connectivity index (χ1) is 13.0. The highest BCUT2D eigenvalue weighted by Gasteiger charge is 2.22. The summed E-state index contributed by atoms with van der Waals surface area (Å²) < 4.78 is 21.6. The topological polar surface area (TPSA) is 66.0 Å². The highest BCUT2D eigenvalue weighted by Crippen LogP contribution is 2.29. The van der Waals surface area contributed by atoms with Crippen LogP contribution in [0.4, 0.5) is 0 Å². The summed E-state index contributed by atoms with van der Waals surface area (Å²) in [7, 11) is 4.80. The Labute approximate surface area is 160 Å². The van der Waals surface area contributed by atoms with E-state index in [0.29, 0.717) is 23.7 Å². The van der Waals surface area contributed by atoms with Crippen LogP contribution in [0.3, 0.4) is 0 Å². The maximum Gasteiger partial charge on any atom is 0.261 e. The van der Waals surface area contributed by atoms with Crippen LogP contribution in [0.2, 0.25) is 0 Å². The van der Waals surface area contributed by atoms with Gasteiger partial charge in [0.05, 0.1) is 27.4 Å². The van der Waals surface area contributed by atoms with Crippen LogP contribution in [0.1, 0.15) is 31.9 Å². The number of methoxy groups -OCH3 is 3. The lowest BCUT2D eigenvalue weighted by atomic mass is 10.1. The van der Waals surface area contributed by atoms with Crippen LogP contribution in [-0.4, -0.2) is 33.3 Å². The van der Waals surface area contributed by atoms with Crippen molar-refractivity contribution in [1.29, 1.82) is 0 Å². The minimum absolute atomic E-state index is 0.189. The van der Waals surface area contributed by atoms with Crippen LogP contribution in [0.25, 0.3) is 0 Å². The van der Waals surface area contributed by atoms with Gasteiger partial charge in [-0.25, -0.2) is 0 Å². The molecular weight excluding hydrogens is 346 g/mol. The molecule has 0 unspecified atom stereocenters. The molecule has 0 aliphatic carbocycles. The Morgan fingerprint density at radius 3 is 2.07 bits per heavy atom. The third kappa shape index (κ3) is 5.29. The molecule has 6 heteroatoms. The van der Waals surface area contributed by atoms with E-state index in [2.05, 4.69) is 5.32 Å². The Bertz CT molecular complexity index is 745. The number of nitrogens with one attached hydrogen (secondary N) is 1. The first-order valence-electron chi connectivity index (χ1n) is 8.85. The number of ether oxygens (including phenoxy) is 4. The summed E-state index contributed by atoms with van der Waals surface area (Å²) in [5.41, 5.74) is 0.838. The molecule has 0 heterocycles. The molecule has 0 saturated heterocycles. The molecule has 27 heavy (non-hydrogen) atoms. The van der Waals surface area contributed by atoms with Crippen LogP contribution in [0, 0.1) is 0 Å². The van der Waals surface area contributed by atoms with E-state index in [1.54, 1.807) is 45.6 Å². The first kappa shape index (κ1) is 20.4. The van der Waals surface area contributed by atoms with Gasteiger partial charge in [-0.15, -0.1) is 0 Å². The van der Waals surface area contributed by atoms with Crippen molar-refractivity contribution in [1.82, 2.24) is 5.32 Å². The second kappa shape index (κ2) is 9.71. The number of amides is 1. The van der Waals surface area contributed by atoms with Crippen molar-refractivity contribution < 1.29 is 23.7 Å². The molecule has 0 bridgehead atoms. The fourth-order valence-electron chi connectivity index (χ4n) is 2.70. The highest BCUT2D eigenvalue weighted by molar-refractivity contribution is 5.81. The molecule has 0 aromatic heterocycles. The molecule has 1 N–H and O–H groups in total. The molecule has 0 spiro atoms. The van der Waals surface area contributed by atoms with Gasteiger partial charge in [-0.05, 0) is 55.8 Å². The first-order valence-corrected chi connectivity index (χ1v) is 8.85. The molecule has 2 aromatic carbocycles. The number of hydrogen-bond donors (Lipinski definition) is 1. The predicted octanol–water partition coefficient (Wildman–Crippen LogP) is 3.75. The standard InChI is InChI=1S/C21H27NO5/c1-6-19(27-16-9-7-15(24-3)8-10-16)21(23)22-14(2)18-13-17(25-4)11-12-20(18)26-5/h7-14,19H,6H2,1-5H3,(H,22,23)/t14-,19+/m1/s1. The van der Waals surface area contributed by atoms with Crippen LogP contribution in [-0.2, 0) is 4.79 Å². The number of rotatable bonds is 9. The fraction of sp³-hybridized carbons (Fsp3) is 0.381. The van der Waals surface area contributed by atoms with Crippen molar-refractivity contribution in [3.8, 4) is 23.0 Å². The van der Waals surface area contributed by atoms with Crippen molar-refractivity contribution >= 4 is 5.91 Å². The molecule has 0 aliphatic rings. The molecule has 2 atom stereocenters. The summed E-state index contributed by atoms with van der Waals surface area (Å²) in [6.07, 6.45) is -0.0581. The van der Waals surface area contributed by atoms with Crippen LogP contribution in [0.5, 0.6) is 23.0 Å². The lowest BCUT2D eigenvalue weighted by molar-refractivity contribution is -0.128. The number of benzene rings is 2. The molecule has 2 aromatic rings. The lowest BCUT2D eigenvalue weighted by Gasteiger charge is -2.22. The average Bonchev–Trinajstić information content (AvgIpc) is 2.71. The van der Waals surface area contributed by atoms with E-state index in [0.717, 1.165) is 11.3 Å². The van der Waals surface area contributed by atoms with E-state index in [9.17, 15) is 4.79 Å². The van der Waals surface area contributed by atoms with Crippen LogP contribution < -0.4 is 24.3 Å². The van der Waals surface area contributed by atoms with Crippen molar-refractivity contribution in [3.63, 3.8) is 0 Å². The van der Waals surface area contributed by atoms with Crippen molar-refractivity contribution in [2.45, 2.75) is 32.4 Å². The SMILES string of the molecule is CC[C@H](Oc1ccc(OC)cc1)C(=O)N[C@H](C)c1cc(OC)ccc1OC. The van der Waals surface area contributed by atoms with Gasteiger partial charge in [0, 0.05) is 5.56 Å². The van der Waals surface area contributed by atoms with Gasteiger partial charge in [-0.2, -0.15) is 0 Å². The Morgan fingerprint density at radius 1 is 0.926 bits per heavy atom. The zero-order valence-corrected chi connectivity index (χ0v) is 16.4. The molecule has 2 rings (SSSR count). The zero-order chi connectivity index (χ0) is 19.8. The zero-order valence-electron chi connectivity index (χ0n) is 16.4. The van der Waals surface area contributed by atoms with Crippen LogP contribution in [0.15, 0.2) is 42.5 Å². The molecular formula is C21H27NO5. The van der Waals surface area contributed by atoms with Gasteiger partial charge in [-0.1, -0.05) is 6.92 Å². The minimum atomic E-state index is -0.600. The Balaban J connectivity index is 2.08. The number of hydrogen-bond acceptors (Lipinski definition) is 5. The third-order valence-electron chi connectivity index (χ3n) is 4.26. The Kier molecular flexibility index (Phi) is 7.34. The second-order valence-electron chi connectivity index (χ2n) is 6.03. The fourth-order valence-corrected chi connectivity index (χ4v) is 2.70. The monoisotopic (exact) mass is 373 g/mol. The maximum absolute atomic E-state index is 12.7. The summed E-state index contributed by atoms with van der Waals surface area (Å²) in [6.45, 7) is 3.81. The summed E-state index contributed by atoms with van der Waals surface area (Å²) >= 11 is 0. The third-order valence-corrected chi connectivity index (χ3v) is 4.26. The van der Waals surface area contributed by atoms with Crippen molar-refractivity contribution in [3.05, 3.63) is 48.0 Å². The number of carbonyl (C=O) groups is 1. The van der Waals surface area contributed by atoms with Gasteiger partial charge in [0.25, 0.3) is 5.91 Å². The molecule has 146 valence electrons. The summed E-state index contributed by atoms with van der Waals surface area (Å²) in [6, 6.07) is 12.4. The van der Waals surface area contributed by atoms with Crippen molar-refractivity contribution in [2.75, 3.05) is 21.3 Å². The lowest BCUT2D eigenvalue weighted by Crippen LogP contribution is -2.39. The van der Waals surface area contributed by atoms with E-state index in [1.807, 2.05) is 32.0 Å². The molecule has 0 aliphatic heterocycles. The van der Waals surface area contributed by atoms with Gasteiger partial charge in [0.1, 0.15) is 23.0 Å². The predicted molar refractivity (Wildman–Crippen MR) is 104 cm³/mol. The normalized spacial score (nSPS) is 12.6. The van der Waals surface area contributed by atoms with E-state index in [1.165, 1.54) is 0 Å². The van der Waals surface area contributed by atoms with Gasteiger partial charge in [0.2, 0.25) is 0 Å².